The highest BCUT2D eigenvalue weighted by Crippen LogP contribution is 2.34. The number of carbonyl (C=O) groups is 2. The minimum atomic E-state index is -0.944. The Bertz CT molecular complexity index is 347. The molecule has 0 aromatic heterocycles. The van der Waals surface area contributed by atoms with Crippen LogP contribution in [0.15, 0.2) is 0 Å². The second-order valence-electron chi connectivity index (χ2n) is 5.80. The summed E-state index contributed by atoms with van der Waals surface area (Å²) in [6.07, 6.45) is 0.581. The summed E-state index contributed by atoms with van der Waals surface area (Å²) in [6.45, 7) is 7.99. The van der Waals surface area contributed by atoms with E-state index in [-0.39, 0.29) is 17.2 Å². The van der Waals surface area contributed by atoms with E-state index in [1.54, 1.807) is 0 Å². The summed E-state index contributed by atoms with van der Waals surface area (Å²) in [5.74, 6) is -0.205. The van der Waals surface area contributed by atoms with Gasteiger partial charge in [-0.05, 0) is 18.3 Å². The Morgan fingerprint density at radius 3 is 2.37 bits per heavy atom. The Morgan fingerprint density at radius 2 is 1.95 bits per heavy atom. The molecule has 1 saturated heterocycles. The van der Waals surface area contributed by atoms with Gasteiger partial charge in [-0.25, -0.2) is 4.79 Å². The number of hydrogen-bond donors (Lipinski definition) is 2. The third-order valence-corrected chi connectivity index (χ3v) is 4.81. The van der Waals surface area contributed by atoms with Gasteiger partial charge in [0.1, 0.15) is 6.04 Å². The van der Waals surface area contributed by atoms with Crippen molar-refractivity contribution in [3.8, 4) is 0 Å². The lowest BCUT2D eigenvalue weighted by Crippen LogP contribution is -2.53. The summed E-state index contributed by atoms with van der Waals surface area (Å²) in [7, 11) is 0. The van der Waals surface area contributed by atoms with Crippen molar-refractivity contribution >= 4 is 23.6 Å². The standard InChI is InChI=1S/C13H24N2O3S/c1-7(2)5-9(14)11(16)15-10(13(17)18)6-19-12(15)8(3)4/h7-10,12H,5-6,14H2,1-4H3,(H,17,18)/t9-,10?,12?/m0/s1. The van der Waals surface area contributed by atoms with Crippen LogP contribution in [-0.2, 0) is 9.59 Å². The molecule has 6 heteroatoms. The van der Waals surface area contributed by atoms with E-state index in [4.69, 9.17) is 5.73 Å². The predicted octanol–water partition coefficient (Wildman–Crippen LogP) is 1.37. The van der Waals surface area contributed by atoms with Crippen molar-refractivity contribution in [3.05, 3.63) is 0 Å². The molecular weight excluding hydrogens is 264 g/mol. The SMILES string of the molecule is CC(C)C[C@H](N)C(=O)N1C(C(=O)O)CSC1C(C)C. The van der Waals surface area contributed by atoms with Gasteiger partial charge in [0.25, 0.3) is 0 Å². The molecule has 0 aromatic rings. The maximum absolute atomic E-state index is 12.4. The van der Waals surface area contributed by atoms with Gasteiger partial charge in [0.05, 0.1) is 11.4 Å². The van der Waals surface area contributed by atoms with Gasteiger partial charge in [0.15, 0.2) is 0 Å². The highest BCUT2D eigenvalue weighted by Gasteiger charge is 2.44. The van der Waals surface area contributed by atoms with Gasteiger partial charge in [-0.2, -0.15) is 0 Å². The highest BCUT2D eigenvalue weighted by atomic mass is 32.2. The molecule has 0 saturated carbocycles. The van der Waals surface area contributed by atoms with Gasteiger partial charge in [-0.1, -0.05) is 27.7 Å². The first kappa shape index (κ1) is 16.3. The van der Waals surface area contributed by atoms with Crippen LogP contribution in [0.5, 0.6) is 0 Å². The van der Waals surface area contributed by atoms with Crippen LogP contribution >= 0.6 is 11.8 Å². The molecule has 1 aliphatic heterocycles. The van der Waals surface area contributed by atoms with Crippen LogP contribution in [-0.4, -0.2) is 45.1 Å². The van der Waals surface area contributed by atoms with Crippen LogP contribution in [0, 0.1) is 11.8 Å². The minimum Gasteiger partial charge on any atom is -0.480 e. The lowest BCUT2D eigenvalue weighted by atomic mass is 10.0. The van der Waals surface area contributed by atoms with Gasteiger partial charge < -0.3 is 15.7 Å². The van der Waals surface area contributed by atoms with E-state index in [2.05, 4.69) is 0 Å². The van der Waals surface area contributed by atoms with Crippen LogP contribution in [0.4, 0.5) is 0 Å². The summed E-state index contributed by atoms with van der Waals surface area (Å²) in [4.78, 5) is 25.2. The van der Waals surface area contributed by atoms with E-state index in [0.717, 1.165) is 0 Å². The molecule has 19 heavy (non-hydrogen) atoms. The van der Waals surface area contributed by atoms with Crippen LogP contribution in [0.1, 0.15) is 34.1 Å². The van der Waals surface area contributed by atoms with E-state index in [1.807, 2.05) is 27.7 Å². The van der Waals surface area contributed by atoms with Crippen LogP contribution in [0.25, 0.3) is 0 Å². The molecule has 0 radical (unpaired) electrons. The Hall–Kier alpha value is -0.750. The quantitative estimate of drug-likeness (QED) is 0.798. The summed E-state index contributed by atoms with van der Waals surface area (Å²) < 4.78 is 0. The third-order valence-electron chi connectivity index (χ3n) is 3.19. The van der Waals surface area contributed by atoms with Crippen molar-refractivity contribution in [2.24, 2.45) is 17.6 Å². The molecule has 3 atom stereocenters. The molecule has 3 N–H and O–H groups in total. The summed E-state index contributed by atoms with van der Waals surface area (Å²) in [5.41, 5.74) is 5.93. The summed E-state index contributed by atoms with van der Waals surface area (Å²) in [5, 5.41) is 9.16. The molecule has 1 amide bonds. The molecular formula is C13H24N2O3S. The van der Waals surface area contributed by atoms with E-state index in [0.29, 0.717) is 18.1 Å². The topological polar surface area (TPSA) is 83.6 Å². The molecule has 1 heterocycles. The number of amides is 1. The predicted molar refractivity (Wildman–Crippen MR) is 76.8 cm³/mol. The molecule has 2 unspecified atom stereocenters. The van der Waals surface area contributed by atoms with Crippen molar-refractivity contribution in [2.75, 3.05) is 5.75 Å². The molecule has 0 spiro atoms. The molecule has 110 valence electrons. The first-order valence-electron chi connectivity index (χ1n) is 6.67. The lowest BCUT2D eigenvalue weighted by Gasteiger charge is -2.32. The smallest absolute Gasteiger partial charge is 0.327 e. The molecule has 0 aliphatic carbocycles. The van der Waals surface area contributed by atoms with Gasteiger partial charge >= 0.3 is 5.97 Å². The Kier molecular flexibility index (Phi) is 5.67. The fourth-order valence-electron chi connectivity index (χ4n) is 2.31. The largest absolute Gasteiger partial charge is 0.480 e. The average molecular weight is 288 g/mol. The number of thioether (sulfide) groups is 1. The number of nitrogens with two attached hydrogens (primary N) is 1. The maximum Gasteiger partial charge on any atom is 0.327 e. The Morgan fingerprint density at radius 1 is 1.37 bits per heavy atom. The lowest BCUT2D eigenvalue weighted by molar-refractivity contribution is -0.150. The second kappa shape index (κ2) is 6.61. The molecule has 1 rings (SSSR count). The van der Waals surface area contributed by atoms with Crippen molar-refractivity contribution in [2.45, 2.75) is 51.6 Å². The van der Waals surface area contributed by atoms with E-state index < -0.39 is 18.1 Å². The number of carboxylic acids is 1. The number of aliphatic carboxylic acids is 1. The van der Waals surface area contributed by atoms with Crippen molar-refractivity contribution in [1.82, 2.24) is 4.90 Å². The van der Waals surface area contributed by atoms with E-state index in [9.17, 15) is 14.7 Å². The average Bonchev–Trinajstić information content (AvgIpc) is 2.71. The Balaban J connectivity index is 2.89. The minimum absolute atomic E-state index is 0.0909. The molecule has 0 bridgehead atoms. The van der Waals surface area contributed by atoms with Crippen molar-refractivity contribution in [1.29, 1.82) is 0 Å². The van der Waals surface area contributed by atoms with Crippen molar-refractivity contribution in [3.63, 3.8) is 0 Å². The fourth-order valence-corrected chi connectivity index (χ4v) is 3.79. The van der Waals surface area contributed by atoms with E-state index >= 15 is 0 Å². The second-order valence-corrected chi connectivity index (χ2v) is 6.95. The van der Waals surface area contributed by atoms with Gasteiger partial charge in [0.2, 0.25) is 5.91 Å². The van der Waals surface area contributed by atoms with Crippen LogP contribution < -0.4 is 5.73 Å². The van der Waals surface area contributed by atoms with Crippen LogP contribution in [0.3, 0.4) is 0 Å². The fraction of sp³-hybridized carbons (Fsp3) is 0.846. The van der Waals surface area contributed by atoms with Crippen LogP contribution in [0.2, 0.25) is 0 Å². The first-order valence-corrected chi connectivity index (χ1v) is 7.72. The van der Waals surface area contributed by atoms with E-state index in [1.165, 1.54) is 16.7 Å². The highest BCUT2D eigenvalue weighted by molar-refractivity contribution is 8.00. The monoisotopic (exact) mass is 288 g/mol. The zero-order valence-corrected chi connectivity index (χ0v) is 12.8. The zero-order chi connectivity index (χ0) is 14.7. The zero-order valence-electron chi connectivity index (χ0n) is 12.0. The number of hydrogen-bond acceptors (Lipinski definition) is 4. The molecule has 5 nitrogen and oxygen atoms in total. The Labute approximate surface area is 118 Å². The first-order chi connectivity index (χ1) is 8.75. The number of rotatable bonds is 5. The third kappa shape index (κ3) is 3.86. The summed E-state index contributed by atoms with van der Waals surface area (Å²) >= 11 is 1.53. The number of carboxylic acid groups (broad SMARTS) is 1. The maximum atomic E-state index is 12.4. The molecule has 1 aliphatic rings. The summed E-state index contributed by atoms with van der Waals surface area (Å²) in [6, 6.07) is -1.36. The molecule has 0 aromatic carbocycles. The number of carbonyl (C=O) groups excluding carboxylic acids is 1. The number of nitrogens with zero attached hydrogens (tertiary/aromatic N) is 1. The van der Waals surface area contributed by atoms with Gasteiger partial charge in [-0.15, -0.1) is 11.8 Å². The normalized spacial score (nSPS) is 25.1. The van der Waals surface area contributed by atoms with Crippen molar-refractivity contribution < 1.29 is 14.7 Å². The van der Waals surface area contributed by atoms with Gasteiger partial charge in [0, 0.05) is 5.75 Å². The molecule has 1 fully saturated rings. The van der Waals surface area contributed by atoms with Gasteiger partial charge in [-0.3, -0.25) is 4.79 Å².